The summed E-state index contributed by atoms with van der Waals surface area (Å²) in [5, 5.41) is 0. The molecule has 1 aliphatic heterocycles. The van der Waals surface area contributed by atoms with Crippen molar-refractivity contribution in [2.75, 3.05) is 38.2 Å². The normalized spacial score (nSPS) is 16.8. The van der Waals surface area contributed by atoms with Crippen molar-refractivity contribution in [3.05, 3.63) is 24.3 Å². The van der Waals surface area contributed by atoms with Crippen LogP contribution in [0.2, 0.25) is 0 Å². The Kier molecular flexibility index (Phi) is 8.15. The average Bonchev–Trinajstić information content (AvgIpc) is 2.69. The van der Waals surface area contributed by atoms with Crippen molar-refractivity contribution < 1.29 is 14.3 Å². The van der Waals surface area contributed by atoms with E-state index in [4.69, 9.17) is 10.5 Å². The number of piperazine rings is 1. The number of rotatable bonds is 9. The Labute approximate surface area is 169 Å². The first kappa shape index (κ1) is 22.1. The van der Waals surface area contributed by atoms with E-state index in [-0.39, 0.29) is 23.7 Å². The SMILES string of the molecule is CCC[C@H](C(N)=O)[C@@H](CC(C)C)C(=O)N1CCN(c2ccccc2OC)CC1. The molecule has 0 radical (unpaired) electrons. The third-order valence-electron chi connectivity index (χ3n) is 5.51. The number of methoxy groups -OCH3 is 1. The second-order valence-electron chi connectivity index (χ2n) is 8.02. The molecule has 0 bridgehead atoms. The number of nitrogens with zero attached hydrogens (tertiary/aromatic N) is 2. The van der Waals surface area contributed by atoms with Gasteiger partial charge in [0.15, 0.2) is 0 Å². The largest absolute Gasteiger partial charge is 0.495 e. The smallest absolute Gasteiger partial charge is 0.226 e. The predicted molar refractivity (Wildman–Crippen MR) is 112 cm³/mol. The van der Waals surface area contributed by atoms with Crippen molar-refractivity contribution in [3.63, 3.8) is 0 Å². The summed E-state index contributed by atoms with van der Waals surface area (Å²) in [6, 6.07) is 7.95. The van der Waals surface area contributed by atoms with Crippen LogP contribution in [0.25, 0.3) is 0 Å². The molecule has 6 heteroatoms. The van der Waals surface area contributed by atoms with E-state index in [1.54, 1.807) is 7.11 Å². The highest BCUT2D eigenvalue weighted by Gasteiger charge is 2.36. The second kappa shape index (κ2) is 10.3. The van der Waals surface area contributed by atoms with Crippen LogP contribution in [0.15, 0.2) is 24.3 Å². The van der Waals surface area contributed by atoms with Crippen LogP contribution in [0, 0.1) is 17.8 Å². The summed E-state index contributed by atoms with van der Waals surface area (Å²) in [6.45, 7) is 8.98. The van der Waals surface area contributed by atoms with Gasteiger partial charge in [-0.1, -0.05) is 39.3 Å². The maximum absolute atomic E-state index is 13.3. The van der Waals surface area contributed by atoms with E-state index < -0.39 is 0 Å². The van der Waals surface area contributed by atoms with Gasteiger partial charge in [0, 0.05) is 38.0 Å². The van der Waals surface area contributed by atoms with Crippen molar-refractivity contribution in [3.8, 4) is 5.75 Å². The molecule has 0 saturated carbocycles. The number of carbonyl (C=O) groups is 2. The Balaban J connectivity index is 2.09. The van der Waals surface area contributed by atoms with Gasteiger partial charge >= 0.3 is 0 Å². The number of para-hydroxylation sites is 2. The van der Waals surface area contributed by atoms with E-state index in [1.165, 1.54) is 0 Å². The van der Waals surface area contributed by atoms with Gasteiger partial charge in [-0.3, -0.25) is 9.59 Å². The van der Waals surface area contributed by atoms with E-state index in [1.807, 2.05) is 36.1 Å². The molecular weight excluding hydrogens is 354 g/mol. The summed E-state index contributed by atoms with van der Waals surface area (Å²) in [4.78, 5) is 29.5. The molecule has 1 aromatic rings. The maximum Gasteiger partial charge on any atom is 0.226 e. The van der Waals surface area contributed by atoms with Crippen LogP contribution in [-0.4, -0.2) is 50.0 Å². The van der Waals surface area contributed by atoms with Gasteiger partial charge < -0.3 is 20.3 Å². The van der Waals surface area contributed by atoms with Gasteiger partial charge in [-0.2, -0.15) is 0 Å². The molecule has 156 valence electrons. The zero-order chi connectivity index (χ0) is 20.7. The zero-order valence-electron chi connectivity index (χ0n) is 17.7. The standard InChI is InChI=1S/C22H35N3O3/c1-5-8-17(21(23)26)18(15-16(2)3)22(27)25-13-11-24(12-14-25)19-9-6-7-10-20(19)28-4/h6-7,9-10,16-18H,5,8,11-15H2,1-4H3,(H2,23,26)/t17-,18+/m0/s1. The lowest BCUT2D eigenvalue weighted by Gasteiger charge is -2.39. The molecule has 28 heavy (non-hydrogen) atoms. The molecule has 0 unspecified atom stereocenters. The molecule has 1 aromatic carbocycles. The Bertz CT molecular complexity index is 654. The number of benzene rings is 1. The molecule has 1 aliphatic rings. The molecule has 0 aromatic heterocycles. The zero-order valence-corrected chi connectivity index (χ0v) is 17.7. The molecular formula is C22H35N3O3. The van der Waals surface area contributed by atoms with Crippen molar-refractivity contribution in [1.82, 2.24) is 4.90 Å². The minimum atomic E-state index is -0.382. The Morgan fingerprint density at radius 2 is 1.75 bits per heavy atom. The lowest BCUT2D eigenvalue weighted by Crippen LogP contribution is -2.52. The monoisotopic (exact) mass is 389 g/mol. The van der Waals surface area contributed by atoms with E-state index >= 15 is 0 Å². The maximum atomic E-state index is 13.3. The molecule has 2 amide bonds. The number of primary amides is 1. The van der Waals surface area contributed by atoms with Gasteiger partial charge in [0.2, 0.25) is 11.8 Å². The molecule has 0 aliphatic carbocycles. The van der Waals surface area contributed by atoms with Crippen LogP contribution >= 0.6 is 0 Å². The van der Waals surface area contributed by atoms with Crippen molar-refractivity contribution in [1.29, 1.82) is 0 Å². The summed E-state index contributed by atoms with van der Waals surface area (Å²) < 4.78 is 5.47. The van der Waals surface area contributed by atoms with Gasteiger partial charge in [0.05, 0.1) is 12.8 Å². The first-order chi connectivity index (χ1) is 13.4. The van der Waals surface area contributed by atoms with Crippen molar-refractivity contribution >= 4 is 17.5 Å². The Hall–Kier alpha value is -2.24. The topological polar surface area (TPSA) is 75.9 Å². The highest BCUT2D eigenvalue weighted by molar-refractivity contribution is 5.87. The number of amides is 2. The van der Waals surface area contributed by atoms with E-state index in [9.17, 15) is 9.59 Å². The van der Waals surface area contributed by atoms with E-state index in [2.05, 4.69) is 18.7 Å². The lowest BCUT2D eigenvalue weighted by atomic mass is 9.81. The van der Waals surface area contributed by atoms with E-state index in [0.717, 1.165) is 30.9 Å². The summed E-state index contributed by atoms with van der Waals surface area (Å²) in [7, 11) is 1.67. The van der Waals surface area contributed by atoms with Crippen LogP contribution in [0.3, 0.4) is 0 Å². The quantitative estimate of drug-likeness (QED) is 0.705. The molecule has 2 atom stereocenters. The number of nitrogens with two attached hydrogens (primary N) is 1. The van der Waals surface area contributed by atoms with Gasteiger partial charge in [-0.15, -0.1) is 0 Å². The fraction of sp³-hybridized carbons (Fsp3) is 0.636. The van der Waals surface area contributed by atoms with Crippen LogP contribution in [0.1, 0.15) is 40.0 Å². The third kappa shape index (κ3) is 5.40. The number of carbonyl (C=O) groups excluding carboxylic acids is 2. The average molecular weight is 390 g/mol. The highest BCUT2D eigenvalue weighted by atomic mass is 16.5. The van der Waals surface area contributed by atoms with E-state index in [0.29, 0.717) is 31.8 Å². The first-order valence-electron chi connectivity index (χ1n) is 10.3. The van der Waals surface area contributed by atoms with Gasteiger partial charge in [0.25, 0.3) is 0 Å². The summed E-state index contributed by atoms with van der Waals surface area (Å²) in [6.07, 6.45) is 2.20. The summed E-state index contributed by atoms with van der Waals surface area (Å²) in [5.74, 6) is 0.195. The molecule has 6 nitrogen and oxygen atoms in total. The summed E-state index contributed by atoms with van der Waals surface area (Å²) >= 11 is 0. The molecule has 2 rings (SSSR count). The van der Waals surface area contributed by atoms with Gasteiger partial charge in [0.1, 0.15) is 5.75 Å². The van der Waals surface area contributed by atoms with Crippen LogP contribution < -0.4 is 15.4 Å². The fourth-order valence-corrected chi connectivity index (χ4v) is 4.09. The second-order valence-corrected chi connectivity index (χ2v) is 8.02. The number of ether oxygens (including phenoxy) is 1. The van der Waals surface area contributed by atoms with Gasteiger partial charge in [-0.25, -0.2) is 0 Å². The van der Waals surface area contributed by atoms with Crippen LogP contribution in [0.4, 0.5) is 5.69 Å². The molecule has 1 heterocycles. The van der Waals surface area contributed by atoms with Gasteiger partial charge in [-0.05, 0) is 30.9 Å². The lowest BCUT2D eigenvalue weighted by molar-refractivity contribution is -0.142. The Morgan fingerprint density at radius 1 is 1.11 bits per heavy atom. The third-order valence-corrected chi connectivity index (χ3v) is 5.51. The molecule has 0 spiro atoms. The van der Waals surface area contributed by atoms with Crippen LogP contribution in [0.5, 0.6) is 5.75 Å². The number of hydrogen-bond acceptors (Lipinski definition) is 4. The number of anilines is 1. The van der Waals surface area contributed by atoms with Crippen molar-refractivity contribution in [2.24, 2.45) is 23.5 Å². The summed E-state index contributed by atoms with van der Waals surface area (Å²) in [5.41, 5.74) is 6.72. The molecule has 1 saturated heterocycles. The highest BCUT2D eigenvalue weighted by Crippen LogP contribution is 2.30. The minimum absolute atomic E-state index is 0.0747. The molecule has 1 fully saturated rings. The predicted octanol–water partition coefficient (Wildman–Crippen LogP) is 2.91. The number of hydrogen-bond donors (Lipinski definition) is 1. The first-order valence-corrected chi connectivity index (χ1v) is 10.3. The fourth-order valence-electron chi connectivity index (χ4n) is 4.09. The molecule has 2 N–H and O–H groups in total. The Morgan fingerprint density at radius 3 is 2.29 bits per heavy atom. The minimum Gasteiger partial charge on any atom is -0.495 e. The van der Waals surface area contributed by atoms with Crippen LogP contribution in [-0.2, 0) is 9.59 Å². The van der Waals surface area contributed by atoms with Crippen molar-refractivity contribution in [2.45, 2.75) is 40.0 Å².